The van der Waals surface area contributed by atoms with Gasteiger partial charge in [-0.25, -0.2) is 4.98 Å². The number of hydrogen-bond donors (Lipinski definition) is 0. The van der Waals surface area contributed by atoms with Crippen molar-refractivity contribution in [2.45, 2.75) is 32.6 Å². The van der Waals surface area contributed by atoms with E-state index in [1.54, 1.807) is 30.2 Å². The van der Waals surface area contributed by atoms with Crippen molar-refractivity contribution in [3.05, 3.63) is 29.3 Å². The number of nitrogens with zero attached hydrogens (tertiary/aromatic N) is 3. The number of likely N-dealkylation sites (tertiary alicyclic amines) is 1. The quantitative estimate of drug-likeness (QED) is 0.647. The molecule has 1 aromatic carbocycles. The summed E-state index contributed by atoms with van der Waals surface area (Å²) in [7, 11) is 1.66. The van der Waals surface area contributed by atoms with Crippen LogP contribution in [0.5, 0.6) is 0 Å². The zero-order chi connectivity index (χ0) is 20.8. The van der Waals surface area contributed by atoms with E-state index >= 15 is 0 Å². The van der Waals surface area contributed by atoms with Gasteiger partial charge < -0.3 is 14.5 Å². The van der Waals surface area contributed by atoms with Crippen molar-refractivity contribution in [2.75, 3.05) is 33.3 Å². The fraction of sp³-hybridized carbons (Fsp3) is 0.524. The Hall–Kier alpha value is -2.48. The highest BCUT2D eigenvalue weighted by atomic mass is 32.1. The van der Waals surface area contributed by atoms with E-state index in [9.17, 15) is 14.4 Å². The zero-order valence-corrected chi connectivity index (χ0v) is 17.7. The van der Waals surface area contributed by atoms with Crippen molar-refractivity contribution < 1.29 is 19.1 Å². The highest BCUT2D eigenvalue weighted by Crippen LogP contribution is 2.23. The first-order chi connectivity index (χ1) is 14.0. The second-order valence-electron chi connectivity index (χ2n) is 7.23. The van der Waals surface area contributed by atoms with Crippen LogP contribution < -0.4 is 0 Å². The van der Waals surface area contributed by atoms with Gasteiger partial charge in [-0.2, -0.15) is 0 Å². The summed E-state index contributed by atoms with van der Waals surface area (Å²) in [4.78, 5) is 44.5. The van der Waals surface area contributed by atoms with Crippen LogP contribution in [0.4, 0.5) is 0 Å². The van der Waals surface area contributed by atoms with Gasteiger partial charge in [0.15, 0.2) is 0 Å². The molecular formula is C21H27N3O4S. The summed E-state index contributed by atoms with van der Waals surface area (Å²) in [5, 5.41) is 0.931. The van der Waals surface area contributed by atoms with Crippen molar-refractivity contribution in [3.63, 3.8) is 0 Å². The molecule has 3 rings (SSSR count). The molecule has 1 fully saturated rings. The van der Waals surface area contributed by atoms with Gasteiger partial charge in [0.05, 0.1) is 34.3 Å². The molecule has 0 N–H and O–H groups in total. The predicted octanol–water partition coefficient (Wildman–Crippen LogP) is 2.49. The molecule has 29 heavy (non-hydrogen) atoms. The Balaban J connectivity index is 1.43. The number of benzene rings is 1. The number of fused-ring (bicyclic) bond motifs is 1. The SMILES string of the molecule is CCOC(=O)C1CCN(C(=O)CN(C)C(=O)CCc2nc3ccccc3s2)CC1. The second kappa shape index (κ2) is 9.82. The zero-order valence-electron chi connectivity index (χ0n) is 16.9. The Kier molecular flexibility index (Phi) is 7.19. The summed E-state index contributed by atoms with van der Waals surface area (Å²) in [6.45, 7) is 3.27. The van der Waals surface area contributed by atoms with Crippen LogP contribution in [-0.2, 0) is 25.5 Å². The van der Waals surface area contributed by atoms with Gasteiger partial charge in [-0.3, -0.25) is 14.4 Å². The lowest BCUT2D eigenvalue weighted by molar-refractivity contribution is -0.151. The highest BCUT2D eigenvalue weighted by Gasteiger charge is 2.28. The van der Waals surface area contributed by atoms with Crippen molar-refractivity contribution in [1.82, 2.24) is 14.8 Å². The Morgan fingerprint density at radius 3 is 2.66 bits per heavy atom. The van der Waals surface area contributed by atoms with Gasteiger partial charge in [-0.05, 0) is 31.9 Å². The summed E-state index contributed by atoms with van der Waals surface area (Å²) in [5.74, 6) is -0.462. The maximum atomic E-state index is 12.5. The maximum Gasteiger partial charge on any atom is 0.309 e. The van der Waals surface area contributed by atoms with Gasteiger partial charge >= 0.3 is 5.97 Å². The van der Waals surface area contributed by atoms with Crippen molar-refractivity contribution in [1.29, 1.82) is 0 Å². The lowest BCUT2D eigenvalue weighted by Gasteiger charge is -2.32. The molecule has 1 aliphatic heterocycles. The van der Waals surface area contributed by atoms with Crippen LogP contribution in [0.25, 0.3) is 10.2 Å². The fourth-order valence-electron chi connectivity index (χ4n) is 3.45. The minimum atomic E-state index is -0.179. The molecule has 0 unspecified atom stereocenters. The van der Waals surface area contributed by atoms with E-state index in [1.165, 1.54) is 4.90 Å². The molecule has 0 bridgehead atoms. The van der Waals surface area contributed by atoms with Crippen molar-refractivity contribution >= 4 is 39.3 Å². The monoisotopic (exact) mass is 417 g/mol. The average molecular weight is 418 g/mol. The van der Waals surface area contributed by atoms with Crippen LogP contribution in [0, 0.1) is 5.92 Å². The number of piperidine rings is 1. The van der Waals surface area contributed by atoms with Crippen LogP contribution in [0.3, 0.4) is 0 Å². The summed E-state index contributed by atoms with van der Waals surface area (Å²) < 4.78 is 6.17. The molecule has 156 valence electrons. The normalized spacial score (nSPS) is 14.8. The first-order valence-corrected chi connectivity index (χ1v) is 10.8. The van der Waals surface area contributed by atoms with E-state index in [0.717, 1.165) is 15.2 Å². The summed E-state index contributed by atoms with van der Waals surface area (Å²) in [6.07, 6.45) is 2.12. The molecule has 7 nitrogen and oxygen atoms in total. The van der Waals surface area contributed by atoms with Gasteiger partial charge in [0.25, 0.3) is 0 Å². The number of carbonyl (C=O) groups is 3. The van der Waals surface area contributed by atoms with Crippen LogP contribution in [-0.4, -0.2) is 65.9 Å². The van der Waals surface area contributed by atoms with Gasteiger partial charge in [-0.15, -0.1) is 11.3 Å². The number of para-hydroxylation sites is 1. The number of ether oxygens (including phenoxy) is 1. The molecule has 0 aliphatic carbocycles. The molecule has 0 atom stereocenters. The summed E-state index contributed by atoms with van der Waals surface area (Å²) in [6, 6.07) is 7.91. The van der Waals surface area contributed by atoms with E-state index in [4.69, 9.17) is 4.74 Å². The Morgan fingerprint density at radius 1 is 1.24 bits per heavy atom. The highest BCUT2D eigenvalue weighted by molar-refractivity contribution is 7.18. The van der Waals surface area contributed by atoms with Crippen LogP contribution >= 0.6 is 11.3 Å². The third kappa shape index (κ3) is 5.53. The average Bonchev–Trinajstić information content (AvgIpc) is 3.15. The number of aryl methyl sites for hydroxylation is 1. The minimum absolute atomic E-state index is 0.0583. The number of likely N-dealkylation sites (N-methyl/N-ethyl adjacent to an activating group) is 1. The predicted molar refractivity (Wildman–Crippen MR) is 112 cm³/mol. The number of rotatable bonds is 7. The molecule has 0 saturated carbocycles. The molecule has 0 radical (unpaired) electrons. The second-order valence-corrected chi connectivity index (χ2v) is 8.35. The Bertz CT molecular complexity index is 841. The molecule has 0 spiro atoms. The van der Waals surface area contributed by atoms with Gasteiger partial charge in [0, 0.05) is 33.0 Å². The third-order valence-corrected chi connectivity index (χ3v) is 6.25. The molecule has 1 saturated heterocycles. The van der Waals surface area contributed by atoms with Gasteiger partial charge in [-0.1, -0.05) is 12.1 Å². The lowest BCUT2D eigenvalue weighted by atomic mass is 9.97. The van der Waals surface area contributed by atoms with E-state index in [1.807, 2.05) is 24.3 Å². The molecule has 2 heterocycles. The van der Waals surface area contributed by atoms with E-state index < -0.39 is 0 Å². The van der Waals surface area contributed by atoms with Crippen molar-refractivity contribution in [2.24, 2.45) is 5.92 Å². The minimum Gasteiger partial charge on any atom is -0.466 e. The Labute approximate surface area is 174 Å². The Morgan fingerprint density at radius 2 is 1.97 bits per heavy atom. The third-order valence-electron chi connectivity index (χ3n) is 5.16. The number of hydrogen-bond acceptors (Lipinski definition) is 6. The molecule has 1 aliphatic rings. The van der Waals surface area contributed by atoms with Crippen molar-refractivity contribution in [3.8, 4) is 0 Å². The number of aromatic nitrogens is 1. The smallest absolute Gasteiger partial charge is 0.309 e. The van der Waals surface area contributed by atoms with Gasteiger partial charge in [0.2, 0.25) is 11.8 Å². The number of esters is 1. The number of amides is 2. The molecule has 2 amide bonds. The largest absolute Gasteiger partial charge is 0.466 e. The summed E-state index contributed by atoms with van der Waals surface area (Å²) in [5.41, 5.74) is 0.953. The first-order valence-electron chi connectivity index (χ1n) is 10.0. The van der Waals surface area contributed by atoms with E-state index in [0.29, 0.717) is 45.4 Å². The lowest BCUT2D eigenvalue weighted by Crippen LogP contribution is -2.45. The van der Waals surface area contributed by atoms with Crippen LogP contribution in [0.1, 0.15) is 31.2 Å². The van der Waals surface area contributed by atoms with Gasteiger partial charge in [0.1, 0.15) is 0 Å². The standard InChI is InChI=1S/C21H27N3O4S/c1-3-28-21(27)15-10-12-24(13-11-15)20(26)14-23(2)19(25)9-8-18-22-16-6-4-5-7-17(16)29-18/h4-7,15H,3,8-14H2,1-2H3. The first kappa shape index (κ1) is 21.2. The van der Waals surface area contributed by atoms with E-state index in [-0.39, 0.29) is 30.2 Å². The molecular weight excluding hydrogens is 390 g/mol. The van der Waals surface area contributed by atoms with Crippen LogP contribution in [0.2, 0.25) is 0 Å². The maximum absolute atomic E-state index is 12.5. The van der Waals surface area contributed by atoms with Crippen LogP contribution in [0.15, 0.2) is 24.3 Å². The summed E-state index contributed by atoms with van der Waals surface area (Å²) >= 11 is 1.60. The molecule has 2 aromatic rings. The molecule has 8 heteroatoms. The fourth-order valence-corrected chi connectivity index (χ4v) is 4.41. The van der Waals surface area contributed by atoms with E-state index in [2.05, 4.69) is 4.98 Å². The topological polar surface area (TPSA) is 79.8 Å². The molecule has 1 aromatic heterocycles. The number of carbonyl (C=O) groups excluding carboxylic acids is 3. The number of thiazole rings is 1.